The summed E-state index contributed by atoms with van der Waals surface area (Å²) in [5, 5.41) is -0.970. The van der Waals surface area contributed by atoms with E-state index < -0.39 is 60.1 Å². The molecule has 1 aromatic carbocycles. The minimum Gasteiger partial charge on any atom is -0.403 e. The predicted octanol–water partition coefficient (Wildman–Crippen LogP) is 6.05. The number of benzene rings is 1. The molecule has 204 valence electrons. The molecule has 37 heavy (non-hydrogen) atoms. The monoisotopic (exact) mass is 530 g/mol. The van der Waals surface area contributed by atoms with E-state index in [4.69, 9.17) is 27.9 Å². The van der Waals surface area contributed by atoms with Crippen LogP contribution in [-0.4, -0.2) is 61.2 Å². The zero-order chi connectivity index (χ0) is 27.9. The van der Waals surface area contributed by atoms with Crippen molar-refractivity contribution < 1.29 is 27.9 Å². The SMILES string of the molecule is CSc1ccc(CC(B2OC(C)(C)C(C)(C)O2)(B2OC(C)(C)C(C)(C)O2)B2OC(C)(C)C(C)(C)O2)cc1. The molecule has 6 nitrogen and oxygen atoms in total. The summed E-state index contributed by atoms with van der Waals surface area (Å²) in [7, 11) is -2.12. The average Bonchev–Trinajstić information content (AvgIpc) is 3.21. The van der Waals surface area contributed by atoms with Gasteiger partial charge in [0.05, 0.1) is 38.7 Å². The Kier molecular flexibility index (Phi) is 7.19. The summed E-state index contributed by atoms with van der Waals surface area (Å²) < 4.78 is 40.8. The van der Waals surface area contributed by atoms with Gasteiger partial charge in [-0.15, -0.1) is 11.8 Å². The van der Waals surface area contributed by atoms with Crippen molar-refractivity contribution in [1.29, 1.82) is 0 Å². The van der Waals surface area contributed by atoms with Crippen molar-refractivity contribution >= 4 is 33.1 Å². The molecule has 0 radical (unpaired) electrons. The molecule has 3 heterocycles. The zero-order valence-corrected chi connectivity index (χ0v) is 25.9. The van der Waals surface area contributed by atoms with Crippen molar-refractivity contribution in [2.45, 2.75) is 133 Å². The summed E-state index contributed by atoms with van der Waals surface area (Å²) >= 11 is 1.72. The van der Waals surface area contributed by atoms with Gasteiger partial charge in [-0.25, -0.2) is 0 Å². The molecule has 0 amide bonds. The van der Waals surface area contributed by atoms with Crippen LogP contribution in [0.4, 0.5) is 0 Å². The molecular weight excluding hydrogens is 485 g/mol. The highest BCUT2D eigenvalue weighted by Crippen LogP contribution is 2.57. The number of thioether (sulfide) groups is 1. The highest BCUT2D eigenvalue weighted by molar-refractivity contribution is 7.98. The summed E-state index contributed by atoms with van der Waals surface area (Å²) in [6.07, 6.45) is 2.60. The Balaban J connectivity index is 1.91. The number of hydrogen-bond acceptors (Lipinski definition) is 7. The Hall–Kier alpha value is -0.475. The largest absolute Gasteiger partial charge is 0.460 e. The maximum absolute atomic E-state index is 6.80. The van der Waals surface area contributed by atoms with Gasteiger partial charge in [0, 0.05) is 4.90 Å². The smallest absolute Gasteiger partial charge is 0.403 e. The van der Waals surface area contributed by atoms with Gasteiger partial charge < -0.3 is 27.9 Å². The topological polar surface area (TPSA) is 55.4 Å². The van der Waals surface area contributed by atoms with E-state index in [1.807, 2.05) is 0 Å². The van der Waals surface area contributed by atoms with Crippen LogP contribution in [0.5, 0.6) is 0 Å². The van der Waals surface area contributed by atoms with E-state index in [1.54, 1.807) is 11.8 Å². The second-order valence-corrected chi connectivity index (χ2v) is 14.8. The van der Waals surface area contributed by atoms with Crippen LogP contribution >= 0.6 is 11.8 Å². The Morgan fingerprint density at radius 1 is 0.541 bits per heavy atom. The predicted molar refractivity (Wildman–Crippen MR) is 153 cm³/mol. The molecule has 1 aromatic rings. The maximum atomic E-state index is 6.80. The Labute approximate surface area is 230 Å². The molecular formula is C27H45B3O6S. The summed E-state index contributed by atoms with van der Waals surface area (Å²) in [4.78, 5) is 1.20. The Bertz CT molecular complexity index is 872. The number of rotatable bonds is 6. The standard InChI is InChI=1S/C27H45B3O6S/c1-21(2)22(3,4)32-28(31-21)27(18-19-14-16-20(37-13)17-15-19,29-33-23(5,6)24(7,8)34-29)30-35-25(9,10)26(11,12)36-30/h14-17H,18H2,1-13H3. The van der Waals surface area contributed by atoms with Crippen LogP contribution in [0, 0.1) is 0 Å². The van der Waals surface area contributed by atoms with Crippen molar-refractivity contribution in [1.82, 2.24) is 0 Å². The highest BCUT2D eigenvalue weighted by atomic mass is 32.2. The first kappa shape index (κ1) is 29.5. The fourth-order valence-corrected chi connectivity index (χ4v) is 5.28. The minimum atomic E-state index is -0.970. The molecule has 10 heteroatoms. The first-order chi connectivity index (χ1) is 16.7. The number of hydrogen-bond donors (Lipinski definition) is 0. The van der Waals surface area contributed by atoms with Gasteiger partial charge in [0.2, 0.25) is 0 Å². The third-order valence-corrected chi connectivity index (χ3v) is 10.5. The van der Waals surface area contributed by atoms with Gasteiger partial charge in [-0.3, -0.25) is 0 Å². The Morgan fingerprint density at radius 2 is 0.811 bits per heavy atom. The molecule has 3 aliphatic rings. The van der Waals surface area contributed by atoms with Crippen LogP contribution in [0.25, 0.3) is 0 Å². The third kappa shape index (κ3) is 4.77. The fraction of sp³-hybridized carbons (Fsp3) is 0.778. The molecule has 3 saturated heterocycles. The third-order valence-electron chi connectivity index (χ3n) is 9.75. The highest BCUT2D eigenvalue weighted by Gasteiger charge is 2.77. The fourth-order valence-electron chi connectivity index (χ4n) is 4.87. The first-order valence-corrected chi connectivity index (χ1v) is 14.6. The van der Waals surface area contributed by atoms with E-state index >= 15 is 0 Å². The van der Waals surface area contributed by atoms with Gasteiger partial charge in [0.1, 0.15) is 0 Å². The molecule has 0 spiro atoms. The van der Waals surface area contributed by atoms with Gasteiger partial charge in [-0.2, -0.15) is 0 Å². The van der Waals surface area contributed by atoms with E-state index in [0.717, 1.165) is 5.56 Å². The molecule has 0 aliphatic carbocycles. The molecule has 3 aliphatic heterocycles. The van der Waals surface area contributed by atoms with Crippen molar-refractivity contribution in [3.05, 3.63) is 29.8 Å². The summed E-state index contributed by atoms with van der Waals surface area (Å²) in [6, 6.07) is 8.59. The first-order valence-electron chi connectivity index (χ1n) is 13.4. The molecule has 0 bridgehead atoms. The van der Waals surface area contributed by atoms with E-state index in [2.05, 4.69) is 114 Å². The van der Waals surface area contributed by atoms with E-state index in [0.29, 0.717) is 6.42 Å². The van der Waals surface area contributed by atoms with Crippen molar-refractivity contribution in [3.63, 3.8) is 0 Å². The summed E-state index contributed by atoms with van der Waals surface area (Å²) in [5.74, 6) is 0. The maximum Gasteiger partial charge on any atom is 0.460 e. The zero-order valence-electron chi connectivity index (χ0n) is 25.1. The van der Waals surface area contributed by atoms with Crippen LogP contribution in [0.2, 0.25) is 5.11 Å². The average molecular weight is 530 g/mol. The van der Waals surface area contributed by atoms with Crippen LogP contribution < -0.4 is 0 Å². The molecule has 0 aromatic heterocycles. The summed E-state index contributed by atoms with van der Waals surface area (Å²) in [5.41, 5.74) is -2.23. The minimum absolute atomic E-state index is 0.520. The van der Waals surface area contributed by atoms with Crippen LogP contribution in [0.15, 0.2) is 29.2 Å². The molecule has 0 unspecified atom stereocenters. The molecule has 4 rings (SSSR count). The van der Waals surface area contributed by atoms with Gasteiger partial charge in [-0.1, -0.05) is 12.1 Å². The molecule has 0 atom stereocenters. The van der Waals surface area contributed by atoms with Gasteiger partial charge in [-0.05, 0) is 113 Å². The summed E-state index contributed by atoms with van der Waals surface area (Å²) in [6.45, 7) is 24.8. The van der Waals surface area contributed by atoms with Crippen molar-refractivity contribution in [2.24, 2.45) is 0 Å². The Morgan fingerprint density at radius 3 is 1.05 bits per heavy atom. The second kappa shape index (κ2) is 9.02. The molecule has 3 fully saturated rings. The van der Waals surface area contributed by atoms with Crippen LogP contribution in [-0.2, 0) is 34.3 Å². The van der Waals surface area contributed by atoms with E-state index in [-0.39, 0.29) is 0 Å². The lowest BCUT2D eigenvalue weighted by atomic mass is 9.23. The van der Waals surface area contributed by atoms with Crippen LogP contribution in [0.3, 0.4) is 0 Å². The quantitative estimate of drug-likeness (QED) is 0.328. The van der Waals surface area contributed by atoms with Gasteiger partial charge >= 0.3 is 21.4 Å². The van der Waals surface area contributed by atoms with Crippen molar-refractivity contribution in [2.75, 3.05) is 6.26 Å². The van der Waals surface area contributed by atoms with Gasteiger partial charge in [0.15, 0.2) is 0 Å². The molecule has 0 saturated carbocycles. The molecule has 0 N–H and O–H groups in total. The normalized spacial score (nSPS) is 27.2. The second-order valence-electron chi connectivity index (χ2n) is 13.9. The van der Waals surface area contributed by atoms with E-state index in [1.165, 1.54) is 4.90 Å². The van der Waals surface area contributed by atoms with Gasteiger partial charge in [0.25, 0.3) is 0 Å². The lowest BCUT2D eigenvalue weighted by Gasteiger charge is -2.38. The van der Waals surface area contributed by atoms with Crippen LogP contribution in [0.1, 0.15) is 88.6 Å². The van der Waals surface area contributed by atoms with Crippen molar-refractivity contribution in [3.8, 4) is 0 Å². The lowest BCUT2D eigenvalue weighted by Crippen LogP contribution is -2.59. The lowest BCUT2D eigenvalue weighted by molar-refractivity contribution is 0.00578. The van der Waals surface area contributed by atoms with E-state index in [9.17, 15) is 0 Å².